The molecule has 0 aliphatic carbocycles. The molecule has 0 saturated carbocycles. The van der Waals surface area contributed by atoms with E-state index in [2.05, 4.69) is 0 Å². The van der Waals surface area contributed by atoms with Crippen LogP contribution in [0.4, 0.5) is 4.39 Å². The average Bonchev–Trinajstić information content (AvgIpc) is 2.48. The van der Waals surface area contributed by atoms with Crippen molar-refractivity contribution < 1.29 is 4.39 Å². The summed E-state index contributed by atoms with van der Waals surface area (Å²) < 4.78 is 13.9. The van der Waals surface area contributed by atoms with E-state index in [-0.39, 0.29) is 5.82 Å². The van der Waals surface area contributed by atoms with Crippen LogP contribution in [0, 0.1) is 24.1 Å². The first-order valence-electron chi connectivity index (χ1n) is 3.80. The second kappa shape index (κ2) is 2.82. The zero-order chi connectivity index (χ0) is 9.42. The van der Waals surface area contributed by atoms with Gasteiger partial charge in [0.2, 0.25) is 0 Å². The van der Waals surface area contributed by atoms with Crippen LogP contribution in [0.15, 0.2) is 17.5 Å². The predicted molar refractivity (Wildman–Crippen MR) is 51.2 cm³/mol. The molecule has 1 aromatic carbocycles. The Morgan fingerprint density at radius 3 is 2.92 bits per heavy atom. The lowest BCUT2D eigenvalue weighted by atomic mass is 10.1. The molecule has 13 heavy (non-hydrogen) atoms. The lowest BCUT2D eigenvalue weighted by Gasteiger charge is -1.94. The molecular weight excluding hydrogens is 185 g/mol. The first-order valence-corrected chi connectivity index (χ1v) is 4.68. The predicted octanol–water partition coefficient (Wildman–Crippen LogP) is 3.22. The van der Waals surface area contributed by atoms with Gasteiger partial charge >= 0.3 is 0 Å². The quantitative estimate of drug-likeness (QED) is 0.627. The molecule has 0 unspecified atom stereocenters. The van der Waals surface area contributed by atoms with E-state index in [0.29, 0.717) is 10.3 Å². The number of nitriles is 1. The van der Waals surface area contributed by atoms with E-state index < -0.39 is 0 Å². The molecule has 0 atom stereocenters. The lowest BCUT2D eigenvalue weighted by Crippen LogP contribution is -1.79. The molecule has 0 amide bonds. The highest BCUT2D eigenvalue weighted by molar-refractivity contribution is 7.17. The van der Waals surface area contributed by atoms with Crippen molar-refractivity contribution in [3.05, 3.63) is 34.5 Å². The van der Waals surface area contributed by atoms with Crippen molar-refractivity contribution in [2.24, 2.45) is 0 Å². The van der Waals surface area contributed by atoms with Gasteiger partial charge in [-0.05, 0) is 35.4 Å². The molecule has 3 heteroatoms. The van der Waals surface area contributed by atoms with Gasteiger partial charge in [0, 0.05) is 0 Å². The molecule has 1 nitrogen and oxygen atoms in total. The average molecular weight is 191 g/mol. The first-order chi connectivity index (χ1) is 6.22. The summed E-state index contributed by atoms with van der Waals surface area (Å²) in [5.41, 5.74) is 1.41. The number of thiophene rings is 1. The summed E-state index contributed by atoms with van der Waals surface area (Å²) in [6.45, 7) is 1.92. The molecule has 0 saturated heterocycles. The molecule has 0 bridgehead atoms. The summed E-state index contributed by atoms with van der Waals surface area (Å²) in [5.74, 6) is -0.299. The third-order valence-corrected chi connectivity index (χ3v) is 3.07. The highest BCUT2D eigenvalue weighted by Crippen LogP contribution is 2.28. The van der Waals surface area contributed by atoms with Crippen molar-refractivity contribution in [2.75, 3.05) is 0 Å². The van der Waals surface area contributed by atoms with Gasteiger partial charge in [0.1, 0.15) is 5.82 Å². The Kier molecular flexibility index (Phi) is 1.78. The van der Waals surface area contributed by atoms with Gasteiger partial charge in [-0.15, -0.1) is 11.3 Å². The summed E-state index contributed by atoms with van der Waals surface area (Å²) in [6.07, 6.45) is 0. The summed E-state index contributed by atoms with van der Waals surface area (Å²) in [7, 11) is 0. The Morgan fingerprint density at radius 1 is 1.46 bits per heavy atom. The minimum Gasteiger partial charge on any atom is -0.205 e. The maximum absolute atomic E-state index is 13.3. The van der Waals surface area contributed by atoms with Gasteiger partial charge < -0.3 is 0 Å². The fraction of sp³-hybridized carbons (Fsp3) is 0.100. The number of aryl methyl sites for hydroxylation is 1. The van der Waals surface area contributed by atoms with Crippen molar-refractivity contribution in [1.82, 2.24) is 0 Å². The van der Waals surface area contributed by atoms with Gasteiger partial charge in [-0.3, -0.25) is 0 Å². The Balaban J connectivity index is 2.90. The Labute approximate surface area is 79.0 Å². The van der Waals surface area contributed by atoms with Crippen LogP contribution >= 0.6 is 11.3 Å². The van der Waals surface area contributed by atoms with E-state index in [1.807, 2.05) is 18.4 Å². The van der Waals surface area contributed by atoms with Crippen LogP contribution in [0.3, 0.4) is 0 Å². The molecule has 2 rings (SSSR count). The molecular formula is C10H6FNS. The minimum absolute atomic E-state index is 0.299. The van der Waals surface area contributed by atoms with E-state index in [0.717, 1.165) is 10.9 Å². The standard InChI is InChI=1S/C10H6FNS/c1-6-5-13-10-8(6)2-7(4-12)3-9(10)11/h2-3,5H,1H3. The normalized spacial score (nSPS) is 10.2. The van der Waals surface area contributed by atoms with Crippen molar-refractivity contribution in [2.45, 2.75) is 6.92 Å². The van der Waals surface area contributed by atoms with Gasteiger partial charge in [-0.1, -0.05) is 0 Å². The molecule has 0 aliphatic rings. The fourth-order valence-electron chi connectivity index (χ4n) is 1.28. The largest absolute Gasteiger partial charge is 0.205 e. The summed E-state index contributed by atoms with van der Waals surface area (Å²) in [5, 5.41) is 11.4. The molecule has 0 spiro atoms. The maximum atomic E-state index is 13.3. The monoisotopic (exact) mass is 191 g/mol. The lowest BCUT2D eigenvalue weighted by molar-refractivity contribution is 0.641. The second-order valence-corrected chi connectivity index (χ2v) is 3.74. The minimum atomic E-state index is -0.299. The number of benzene rings is 1. The van der Waals surface area contributed by atoms with E-state index in [1.165, 1.54) is 17.4 Å². The number of hydrogen-bond acceptors (Lipinski definition) is 2. The smallest absolute Gasteiger partial charge is 0.142 e. The molecule has 1 aromatic heterocycles. The zero-order valence-corrected chi connectivity index (χ0v) is 7.78. The molecule has 64 valence electrons. The van der Waals surface area contributed by atoms with Gasteiger partial charge in [-0.25, -0.2) is 4.39 Å². The Bertz CT molecular complexity index is 507. The van der Waals surface area contributed by atoms with E-state index in [4.69, 9.17) is 5.26 Å². The molecule has 1 heterocycles. The highest BCUT2D eigenvalue weighted by Gasteiger charge is 2.07. The molecule has 2 aromatic rings. The zero-order valence-electron chi connectivity index (χ0n) is 6.97. The number of fused-ring (bicyclic) bond motifs is 1. The van der Waals surface area contributed by atoms with Crippen molar-refractivity contribution >= 4 is 21.4 Å². The van der Waals surface area contributed by atoms with Gasteiger partial charge in [0.15, 0.2) is 0 Å². The van der Waals surface area contributed by atoms with Gasteiger partial charge in [-0.2, -0.15) is 5.26 Å². The van der Waals surface area contributed by atoms with Crippen LogP contribution in [0.1, 0.15) is 11.1 Å². The molecule has 0 N–H and O–H groups in total. The van der Waals surface area contributed by atoms with Crippen molar-refractivity contribution in [1.29, 1.82) is 5.26 Å². The Hall–Kier alpha value is -1.40. The summed E-state index contributed by atoms with van der Waals surface area (Å²) in [4.78, 5) is 0. The van der Waals surface area contributed by atoms with Gasteiger partial charge in [0.05, 0.1) is 16.3 Å². The van der Waals surface area contributed by atoms with Crippen molar-refractivity contribution in [3.8, 4) is 6.07 Å². The van der Waals surface area contributed by atoms with Crippen LogP contribution in [-0.2, 0) is 0 Å². The third kappa shape index (κ3) is 1.20. The molecule has 0 aliphatic heterocycles. The molecule has 0 radical (unpaired) electrons. The topological polar surface area (TPSA) is 23.8 Å². The third-order valence-electron chi connectivity index (χ3n) is 1.95. The Morgan fingerprint density at radius 2 is 2.23 bits per heavy atom. The number of nitrogens with zero attached hydrogens (tertiary/aromatic N) is 1. The van der Waals surface area contributed by atoms with Crippen LogP contribution in [0.25, 0.3) is 10.1 Å². The second-order valence-electron chi connectivity index (χ2n) is 2.87. The van der Waals surface area contributed by atoms with Crippen LogP contribution in [-0.4, -0.2) is 0 Å². The van der Waals surface area contributed by atoms with Gasteiger partial charge in [0.25, 0.3) is 0 Å². The van der Waals surface area contributed by atoms with Crippen molar-refractivity contribution in [3.63, 3.8) is 0 Å². The van der Waals surface area contributed by atoms with Crippen LogP contribution in [0.2, 0.25) is 0 Å². The number of hydrogen-bond donors (Lipinski definition) is 0. The summed E-state index contributed by atoms with van der Waals surface area (Å²) in [6, 6.07) is 4.94. The fourth-order valence-corrected chi connectivity index (χ4v) is 2.22. The molecule has 0 fully saturated rings. The SMILES string of the molecule is Cc1csc2c(F)cc(C#N)cc12. The first kappa shape index (κ1) is 8.21. The summed E-state index contributed by atoms with van der Waals surface area (Å²) >= 11 is 1.38. The maximum Gasteiger partial charge on any atom is 0.142 e. The van der Waals surface area contributed by atoms with Crippen LogP contribution < -0.4 is 0 Å². The highest BCUT2D eigenvalue weighted by atomic mass is 32.1. The van der Waals surface area contributed by atoms with Crippen LogP contribution in [0.5, 0.6) is 0 Å². The number of rotatable bonds is 0. The van der Waals surface area contributed by atoms with E-state index in [1.54, 1.807) is 6.07 Å². The van der Waals surface area contributed by atoms with E-state index in [9.17, 15) is 4.39 Å². The van der Waals surface area contributed by atoms with E-state index >= 15 is 0 Å². The number of halogens is 1.